The van der Waals surface area contributed by atoms with E-state index in [0.717, 1.165) is 29.8 Å². The number of aliphatic imine (C=N–C) groups is 1. The van der Waals surface area contributed by atoms with Gasteiger partial charge in [-0.15, -0.1) is 0 Å². The third kappa shape index (κ3) is 3.22. The molecule has 2 aliphatic carbocycles. The first-order chi connectivity index (χ1) is 11.8. The lowest BCUT2D eigenvalue weighted by molar-refractivity contribution is 0.306. The van der Waals surface area contributed by atoms with Gasteiger partial charge >= 0.3 is 0 Å². The molecule has 3 heteroatoms. The number of rotatable bonds is 5. The first kappa shape index (κ1) is 16.1. The van der Waals surface area contributed by atoms with E-state index in [1.54, 1.807) is 0 Å². The molecule has 1 aromatic rings. The Morgan fingerprint density at radius 3 is 2.29 bits per heavy atom. The highest BCUT2D eigenvalue weighted by molar-refractivity contribution is 5.93. The maximum Gasteiger partial charge on any atom is 0.235 e. The number of aromatic nitrogens is 1. The molecule has 0 saturated heterocycles. The van der Waals surface area contributed by atoms with Crippen LogP contribution in [0.3, 0.4) is 0 Å². The van der Waals surface area contributed by atoms with Gasteiger partial charge < -0.3 is 4.74 Å². The molecule has 2 saturated carbocycles. The Morgan fingerprint density at radius 1 is 1.04 bits per heavy atom. The topological polar surface area (TPSA) is 34.5 Å². The van der Waals surface area contributed by atoms with Crippen molar-refractivity contribution in [2.75, 3.05) is 6.61 Å². The molecule has 4 rings (SSSR count). The standard InChI is InChI=1S/C21H30N2O/c1-2-17-14-24-21(22-17)19-13-7-12-18(23-19)20(15-8-3-4-9-15)16-10-5-6-11-16/h7,12-13,15-17,20H,2-6,8-11,14H2,1H3/t17-/m1/s1. The van der Waals surface area contributed by atoms with Crippen LogP contribution in [0.15, 0.2) is 23.2 Å². The van der Waals surface area contributed by atoms with Crippen LogP contribution in [0.25, 0.3) is 0 Å². The van der Waals surface area contributed by atoms with E-state index in [2.05, 4.69) is 25.1 Å². The molecular formula is C21H30N2O. The van der Waals surface area contributed by atoms with Crippen LogP contribution in [0, 0.1) is 11.8 Å². The zero-order valence-electron chi connectivity index (χ0n) is 14.9. The van der Waals surface area contributed by atoms with Gasteiger partial charge in [0.2, 0.25) is 5.90 Å². The van der Waals surface area contributed by atoms with Crippen molar-refractivity contribution in [3.8, 4) is 0 Å². The van der Waals surface area contributed by atoms with Crippen LogP contribution in [0.1, 0.15) is 82.0 Å². The third-order valence-electron chi connectivity index (χ3n) is 6.33. The van der Waals surface area contributed by atoms with Gasteiger partial charge in [0.1, 0.15) is 12.3 Å². The summed E-state index contributed by atoms with van der Waals surface area (Å²) in [6, 6.07) is 6.81. The average Bonchev–Trinajstić information content (AvgIpc) is 3.38. The van der Waals surface area contributed by atoms with Gasteiger partial charge in [0.05, 0.1) is 6.04 Å². The van der Waals surface area contributed by atoms with E-state index in [1.165, 1.54) is 57.1 Å². The predicted octanol–water partition coefficient (Wildman–Crippen LogP) is 5.10. The van der Waals surface area contributed by atoms with E-state index in [0.29, 0.717) is 18.6 Å². The van der Waals surface area contributed by atoms with E-state index >= 15 is 0 Å². The molecule has 2 fully saturated rings. The number of hydrogen-bond donors (Lipinski definition) is 0. The van der Waals surface area contributed by atoms with Crippen molar-refractivity contribution in [3.05, 3.63) is 29.6 Å². The van der Waals surface area contributed by atoms with Crippen LogP contribution in [0.5, 0.6) is 0 Å². The molecule has 24 heavy (non-hydrogen) atoms. The molecule has 0 radical (unpaired) electrons. The van der Waals surface area contributed by atoms with Crippen molar-refractivity contribution < 1.29 is 4.74 Å². The molecule has 1 atom stereocenters. The van der Waals surface area contributed by atoms with Gasteiger partial charge in [-0.1, -0.05) is 38.7 Å². The Kier molecular flexibility index (Phi) is 4.86. The lowest BCUT2D eigenvalue weighted by Crippen LogP contribution is -2.20. The SMILES string of the molecule is CC[C@@H]1COC(c2cccc(C(C3CCCC3)C3CCCC3)n2)=N1. The molecule has 0 amide bonds. The first-order valence-corrected chi connectivity index (χ1v) is 10.0. The Bertz CT molecular complexity index is 569. The molecule has 0 unspecified atom stereocenters. The van der Waals surface area contributed by atoms with Crippen LogP contribution in [0.2, 0.25) is 0 Å². The van der Waals surface area contributed by atoms with Crippen LogP contribution >= 0.6 is 0 Å². The smallest absolute Gasteiger partial charge is 0.235 e. The quantitative estimate of drug-likeness (QED) is 0.754. The highest BCUT2D eigenvalue weighted by atomic mass is 16.5. The van der Waals surface area contributed by atoms with Gasteiger partial charge in [0.25, 0.3) is 0 Å². The van der Waals surface area contributed by atoms with Gasteiger partial charge in [-0.3, -0.25) is 0 Å². The van der Waals surface area contributed by atoms with Crippen LogP contribution in [0.4, 0.5) is 0 Å². The zero-order valence-corrected chi connectivity index (χ0v) is 14.9. The second kappa shape index (κ2) is 7.25. The van der Waals surface area contributed by atoms with Gasteiger partial charge in [-0.2, -0.15) is 0 Å². The average molecular weight is 326 g/mol. The first-order valence-electron chi connectivity index (χ1n) is 10.0. The Hall–Kier alpha value is -1.38. The molecule has 0 N–H and O–H groups in total. The van der Waals surface area contributed by atoms with Crippen molar-refractivity contribution in [3.63, 3.8) is 0 Å². The molecule has 1 aliphatic heterocycles. The lowest BCUT2D eigenvalue weighted by atomic mass is 9.77. The third-order valence-corrected chi connectivity index (χ3v) is 6.33. The second-order valence-electron chi connectivity index (χ2n) is 7.87. The summed E-state index contributed by atoms with van der Waals surface area (Å²) in [5.41, 5.74) is 2.25. The molecule has 130 valence electrons. The Balaban J connectivity index is 1.62. The molecule has 0 aromatic carbocycles. The van der Waals surface area contributed by atoms with Crippen molar-refractivity contribution in [1.29, 1.82) is 0 Å². The summed E-state index contributed by atoms with van der Waals surface area (Å²) in [7, 11) is 0. The normalized spacial score (nSPS) is 25.4. The zero-order chi connectivity index (χ0) is 16.4. The van der Waals surface area contributed by atoms with Crippen molar-refractivity contribution in [2.45, 2.75) is 76.7 Å². The van der Waals surface area contributed by atoms with Crippen molar-refractivity contribution in [2.24, 2.45) is 16.8 Å². The summed E-state index contributed by atoms with van der Waals surface area (Å²) >= 11 is 0. The molecule has 3 aliphatic rings. The van der Waals surface area contributed by atoms with Gasteiger partial charge in [-0.25, -0.2) is 9.98 Å². The van der Waals surface area contributed by atoms with Crippen molar-refractivity contribution in [1.82, 2.24) is 4.98 Å². The largest absolute Gasteiger partial charge is 0.474 e. The van der Waals surface area contributed by atoms with Gasteiger partial charge in [0, 0.05) is 11.6 Å². The van der Waals surface area contributed by atoms with Crippen LogP contribution in [-0.4, -0.2) is 23.5 Å². The summed E-state index contributed by atoms with van der Waals surface area (Å²) in [5.74, 6) is 3.09. The minimum Gasteiger partial charge on any atom is -0.474 e. The second-order valence-corrected chi connectivity index (χ2v) is 7.87. The Morgan fingerprint density at radius 2 is 1.71 bits per heavy atom. The maximum atomic E-state index is 5.82. The maximum absolute atomic E-state index is 5.82. The lowest BCUT2D eigenvalue weighted by Gasteiger charge is -2.29. The predicted molar refractivity (Wildman–Crippen MR) is 97.5 cm³/mol. The highest BCUT2D eigenvalue weighted by Crippen LogP contribution is 2.46. The van der Waals surface area contributed by atoms with E-state index in [1.807, 2.05) is 0 Å². The van der Waals surface area contributed by atoms with Crippen molar-refractivity contribution >= 4 is 5.90 Å². The fourth-order valence-corrected chi connectivity index (χ4v) is 5.02. The van der Waals surface area contributed by atoms with E-state index < -0.39 is 0 Å². The molecule has 0 bridgehead atoms. The highest BCUT2D eigenvalue weighted by Gasteiger charge is 2.35. The summed E-state index contributed by atoms with van der Waals surface area (Å²) in [6.07, 6.45) is 12.2. The van der Waals surface area contributed by atoms with Gasteiger partial charge in [0.15, 0.2) is 0 Å². The summed E-state index contributed by atoms with van der Waals surface area (Å²) in [4.78, 5) is 9.76. The Labute approximate surface area is 145 Å². The number of hydrogen-bond acceptors (Lipinski definition) is 3. The van der Waals surface area contributed by atoms with Crippen LogP contribution in [-0.2, 0) is 4.74 Å². The summed E-state index contributed by atoms with van der Waals surface area (Å²) < 4.78 is 5.82. The number of ether oxygens (including phenoxy) is 1. The monoisotopic (exact) mass is 326 g/mol. The fourth-order valence-electron chi connectivity index (χ4n) is 5.02. The summed E-state index contributed by atoms with van der Waals surface area (Å²) in [5, 5.41) is 0. The molecular weight excluding hydrogens is 296 g/mol. The molecule has 1 aromatic heterocycles. The minimum absolute atomic E-state index is 0.311. The fraction of sp³-hybridized carbons (Fsp3) is 0.714. The minimum atomic E-state index is 0.311. The van der Waals surface area contributed by atoms with E-state index in [9.17, 15) is 0 Å². The molecule has 2 heterocycles. The van der Waals surface area contributed by atoms with Crippen LogP contribution < -0.4 is 0 Å². The molecule has 0 spiro atoms. The molecule has 3 nitrogen and oxygen atoms in total. The van der Waals surface area contributed by atoms with E-state index in [4.69, 9.17) is 14.7 Å². The number of nitrogens with zero attached hydrogens (tertiary/aromatic N) is 2. The summed E-state index contributed by atoms with van der Waals surface area (Å²) in [6.45, 7) is 2.88. The number of pyridine rings is 1. The van der Waals surface area contributed by atoms with E-state index in [-0.39, 0.29) is 0 Å². The van der Waals surface area contributed by atoms with Gasteiger partial charge in [-0.05, 0) is 56.1 Å².